The second-order valence-electron chi connectivity index (χ2n) is 15.8. The third-order valence-corrected chi connectivity index (χ3v) is 12.0. The van der Waals surface area contributed by atoms with Crippen molar-refractivity contribution in [2.75, 3.05) is 4.90 Å². The van der Waals surface area contributed by atoms with Gasteiger partial charge in [0.1, 0.15) is 0 Å². The average Bonchev–Trinajstić information content (AvgIpc) is 3.52. The summed E-state index contributed by atoms with van der Waals surface area (Å²) in [5, 5.41) is 4.60. The minimum Gasteiger partial charge on any atom is -0.310 e. The van der Waals surface area contributed by atoms with Crippen LogP contribution >= 0.6 is 0 Å². The maximum absolute atomic E-state index is 5.47. The summed E-state index contributed by atoms with van der Waals surface area (Å²) in [5.41, 5.74) is 16.7. The molecule has 0 amide bonds. The van der Waals surface area contributed by atoms with Crippen LogP contribution < -0.4 is 4.90 Å². The molecule has 11 rings (SSSR count). The van der Waals surface area contributed by atoms with E-state index in [4.69, 9.17) is 9.97 Å². The van der Waals surface area contributed by atoms with Gasteiger partial charge in [-0.25, -0.2) is 9.97 Å². The van der Waals surface area contributed by atoms with Crippen LogP contribution in [0.4, 0.5) is 17.1 Å². The first-order valence-corrected chi connectivity index (χ1v) is 20.0. The molecule has 10 aromatic rings. The Labute approximate surface area is 338 Å². The van der Waals surface area contributed by atoms with Crippen LogP contribution in [0.1, 0.15) is 25.0 Å². The summed E-state index contributed by atoms with van der Waals surface area (Å²) >= 11 is 0. The Morgan fingerprint density at radius 1 is 0.397 bits per heavy atom. The molecule has 1 aromatic heterocycles. The van der Waals surface area contributed by atoms with Crippen LogP contribution in [0.25, 0.3) is 77.3 Å². The Kier molecular flexibility index (Phi) is 7.84. The van der Waals surface area contributed by atoms with Gasteiger partial charge in [-0.2, -0.15) is 0 Å². The fraction of sp³-hybridized carbons (Fsp3) is 0.0545. The van der Waals surface area contributed by atoms with E-state index in [2.05, 4.69) is 207 Å². The number of fused-ring (bicyclic) bond motifs is 8. The highest BCUT2D eigenvalue weighted by Gasteiger charge is 2.35. The number of rotatable bonds is 6. The molecule has 0 saturated heterocycles. The van der Waals surface area contributed by atoms with Crippen molar-refractivity contribution < 1.29 is 0 Å². The molecule has 3 nitrogen and oxygen atoms in total. The summed E-state index contributed by atoms with van der Waals surface area (Å²) in [4.78, 5) is 13.1. The highest BCUT2D eigenvalue weighted by Crippen LogP contribution is 2.50. The van der Waals surface area contributed by atoms with Gasteiger partial charge in [-0.1, -0.05) is 166 Å². The summed E-state index contributed by atoms with van der Waals surface area (Å²) in [6, 6.07) is 71.8. The van der Waals surface area contributed by atoms with Crippen molar-refractivity contribution >= 4 is 49.6 Å². The van der Waals surface area contributed by atoms with E-state index in [1.807, 2.05) is 12.1 Å². The van der Waals surface area contributed by atoms with Crippen LogP contribution in [0.5, 0.6) is 0 Å². The number of hydrogen-bond donors (Lipinski definition) is 0. The molecular weight excluding hydrogens is 703 g/mol. The van der Waals surface area contributed by atoms with Crippen LogP contribution in [-0.4, -0.2) is 9.97 Å². The van der Waals surface area contributed by atoms with Gasteiger partial charge in [-0.3, -0.25) is 0 Å². The second-order valence-corrected chi connectivity index (χ2v) is 15.8. The molecule has 0 unspecified atom stereocenters. The molecule has 0 radical (unpaired) electrons. The van der Waals surface area contributed by atoms with Gasteiger partial charge in [0, 0.05) is 39.0 Å². The molecule has 274 valence electrons. The Bertz CT molecular complexity index is 3170. The molecule has 1 heterocycles. The number of anilines is 3. The Morgan fingerprint density at radius 3 is 1.69 bits per heavy atom. The monoisotopic (exact) mass is 741 g/mol. The number of aromatic nitrogens is 2. The minimum absolute atomic E-state index is 0.0847. The molecule has 1 aliphatic carbocycles. The zero-order valence-corrected chi connectivity index (χ0v) is 32.4. The highest BCUT2D eigenvalue weighted by atomic mass is 15.1. The molecular formula is C55H39N3. The second kappa shape index (κ2) is 13.4. The maximum atomic E-state index is 5.47. The topological polar surface area (TPSA) is 29.0 Å². The van der Waals surface area contributed by atoms with E-state index in [1.165, 1.54) is 27.6 Å². The van der Waals surface area contributed by atoms with Crippen LogP contribution in [0.2, 0.25) is 0 Å². The summed E-state index contributed by atoms with van der Waals surface area (Å²) in [7, 11) is 0. The van der Waals surface area contributed by atoms with Gasteiger partial charge < -0.3 is 4.90 Å². The molecule has 9 aromatic carbocycles. The quantitative estimate of drug-likeness (QED) is 0.159. The van der Waals surface area contributed by atoms with E-state index in [0.29, 0.717) is 0 Å². The lowest BCUT2D eigenvalue weighted by atomic mass is 9.82. The van der Waals surface area contributed by atoms with Gasteiger partial charge in [-0.05, 0) is 98.1 Å². The fourth-order valence-corrected chi connectivity index (χ4v) is 9.09. The van der Waals surface area contributed by atoms with Crippen LogP contribution in [0.3, 0.4) is 0 Å². The first-order valence-electron chi connectivity index (χ1n) is 20.0. The maximum Gasteiger partial charge on any atom is 0.0979 e. The van der Waals surface area contributed by atoms with Gasteiger partial charge in [0.25, 0.3) is 0 Å². The molecule has 0 N–H and O–H groups in total. The van der Waals surface area contributed by atoms with Crippen molar-refractivity contribution in [3.05, 3.63) is 211 Å². The molecule has 0 saturated carbocycles. The van der Waals surface area contributed by atoms with Crippen LogP contribution in [-0.2, 0) is 5.41 Å². The molecule has 0 spiro atoms. The smallest absolute Gasteiger partial charge is 0.0979 e. The molecule has 3 heteroatoms. The summed E-state index contributed by atoms with van der Waals surface area (Å²) in [6.45, 7) is 4.69. The summed E-state index contributed by atoms with van der Waals surface area (Å²) in [5.74, 6) is 0. The summed E-state index contributed by atoms with van der Waals surface area (Å²) in [6.07, 6.45) is 0. The normalized spacial score (nSPS) is 12.8. The highest BCUT2D eigenvalue weighted by molar-refractivity contribution is 6.19. The van der Waals surface area contributed by atoms with E-state index in [-0.39, 0.29) is 5.41 Å². The van der Waals surface area contributed by atoms with Crippen molar-refractivity contribution in [2.45, 2.75) is 19.3 Å². The van der Waals surface area contributed by atoms with E-state index in [9.17, 15) is 0 Å². The van der Waals surface area contributed by atoms with Crippen molar-refractivity contribution in [2.24, 2.45) is 0 Å². The number of nitrogens with zero attached hydrogens (tertiary/aromatic N) is 3. The van der Waals surface area contributed by atoms with Crippen molar-refractivity contribution in [1.82, 2.24) is 9.97 Å². The van der Waals surface area contributed by atoms with Crippen LogP contribution in [0, 0.1) is 0 Å². The zero-order chi connectivity index (χ0) is 38.8. The molecule has 0 aliphatic heterocycles. The average molecular weight is 742 g/mol. The molecule has 0 fully saturated rings. The Hall–Kier alpha value is -7.36. The van der Waals surface area contributed by atoms with Crippen molar-refractivity contribution in [3.8, 4) is 44.8 Å². The zero-order valence-electron chi connectivity index (χ0n) is 32.4. The predicted octanol–water partition coefficient (Wildman–Crippen LogP) is 14.7. The van der Waals surface area contributed by atoms with Gasteiger partial charge in [-0.15, -0.1) is 0 Å². The molecule has 0 atom stereocenters. The van der Waals surface area contributed by atoms with Gasteiger partial charge in [0.15, 0.2) is 0 Å². The van der Waals surface area contributed by atoms with Gasteiger partial charge >= 0.3 is 0 Å². The van der Waals surface area contributed by atoms with E-state index < -0.39 is 0 Å². The lowest BCUT2D eigenvalue weighted by Gasteiger charge is -2.28. The fourth-order valence-electron chi connectivity index (χ4n) is 9.09. The van der Waals surface area contributed by atoms with E-state index in [1.54, 1.807) is 0 Å². The van der Waals surface area contributed by atoms with Crippen molar-refractivity contribution in [3.63, 3.8) is 0 Å². The molecule has 58 heavy (non-hydrogen) atoms. The standard InChI is InChI=1S/C55H39N3/c1-55(2)48-21-13-12-20-45(48)46-32-31-44(35-49(46)55)58(42-18-10-5-11-19-42)43-29-26-36(27-30-43)41-25-23-37-22-24-38-28-33-50-54(51(38)47(37)34-41)57-53(40-16-8-4-9-17-40)52(56-50)39-14-6-3-7-15-39/h3-35H,1-2H3. The lowest BCUT2D eigenvalue weighted by Crippen LogP contribution is -2.16. The molecule has 0 bridgehead atoms. The lowest BCUT2D eigenvalue weighted by molar-refractivity contribution is 0.660. The summed E-state index contributed by atoms with van der Waals surface area (Å²) < 4.78 is 0. The molecule has 1 aliphatic rings. The van der Waals surface area contributed by atoms with Gasteiger partial charge in [0.2, 0.25) is 0 Å². The van der Waals surface area contributed by atoms with Crippen LogP contribution in [0.15, 0.2) is 200 Å². The van der Waals surface area contributed by atoms with E-state index >= 15 is 0 Å². The third-order valence-electron chi connectivity index (χ3n) is 12.0. The first kappa shape index (κ1) is 33.9. The predicted molar refractivity (Wildman–Crippen MR) is 243 cm³/mol. The largest absolute Gasteiger partial charge is 0.310 e. The first-order chi connectivity index (χ1) is 28.5. The van der Waals surface area contributed by atoms with Crippen molar-refractivity contribution in [1.29, 1.82) is 0 Å². The third kappa shape index (κ3) is 5.50. The minimum atomic E-state index is -0.0847. The Balaban J connectivity index is 1.03. The number of benzene rings is 9. The Morgan fingerprint density at radius 2 is 0.948 bits per heavy atom. The number of para-hydroxylation sites is 1. The van der Waals surface area contributed by atoms with Gasteiger partial charge in [0.05, 0.1) is 22.4 Å². The SMILES string of the molecule is CC1(C)c2ccccc2-c2ccc(N(c3ccccc3)c3ccc(-c4ccc5ccc6ccc7nc(-c8ccccc8)c(-c8ccccc8)nc7c6c5c4)cc3)cc21. The van der Waals surface area contributed by atoms with E-state index in [0.717, 1.165) is 77.9 Å². The number of hydrogen-bond acceptors (Lipinski definition) is 3.